The third kappa shape index (κ3) is 5.23. The molecule has 180 valence electrons. The van der Waals surface area contributed by atoms with Gasteiger partial charge in [-0.2, -0.15) is 0 Å². The van der Waals surface area contributed by atoms with Crippen molar-refractivity contribution in [2.45, 2.75) is 0 Å². The first-order valence-electron chi connectivity index (χ1n) is 9.97. The lowest BCUT2D eigenvalue weighted by atomic mass is 10.2. The first-order valence-corrected chi connectivity index (χ1v) is 10.7. The maximum atomic E-state index is 13.9. The van der Waals surface area contributed by atoms with Crippen LogP contribution in [0.5, 0.6) is 0 Å². The molecule has 14 heteroatoms. The Bertz CT molecular complexity index is 1360. The van der Waals surface area contributed by atoms with Crippen molar-refractivity contribution in [3.05, 3.63) is 64.2 Å². The number of aromatic nitrogens is 3. The van der Waals surface area contributed by atoms with E-state index in [2.05, 4.69) is 15.6 Å². The smallest absolute Gasteiger partial charge is 0.251 e. The van der Waals surface area contributed by atoms with E-state index in [9.17, 15) is 23.6 Å². The van der Waals surface area contributed by atoms with E-state index in [1.165, 1.54) is 27.9 Å². The highest BCUT2D eigenvalue weighted by Gasteiger charge is 2.33. The molecule has 0 unspecified atom stereocenters. The number of carbonyl (C=O) groups excluding carboxylic acids is 4. The number of piperazine rings is 1. The molecule has 1 saturated heterocycles. The van der Waals surface area contributed by atoms with Crippen molar-refractivity contribution in [3.63, 3.8) is 0 Å². The van der Waals surface area contributed by atoms with Gasteiger partial charge in [-0.05, 0) is 36.4 Å². The van der Waals surface area contributed by atoms with Crippen LogP contribution in [0.4, 0.5) is 15.8 Å². The van der Waals surface area contributed by atoms with Crippen molar-refractivity contribution >= 4 is 58.2 Å². The summed E-state index contributed by atoms with van der Waals surface area (Å²) in [7, 11) is 0. The van der Waals surface area contributed by atoms with Gasteiger partial charge in [-0.15, -0.1) is 5.10 Å². The van der Waals surface area contributed by atoms with Crippen LogP contribution in [0.1, 0.15) is 10.4 Å². The van der Waals surface area contributed by atoms with E-state index < -0.39 is 36.0 Å². The maximum Gasteiger partial charge on any atom is 0.251 e. The predicted octanol–water partition coefficient (Wildman–Crippen LogP) is 1.63. The lowest BCUT2D eigenvalue weighted by Gasteiger charge is -2.34. The van der Waals surface area contributed by atoms with Crippen LogP contribution >= 0.6 is 23.2 Å². The number of anilines is 2. The first-order chi connectivity index (χ1) is 16.6. The molecular formula is C21H16Cl2FN7O4. The molecule has 1 aromatic heterocycles. The fourth-order valence-electron chi connectivity index (χ4n) is 3.46. The number of nitrogens with one attached hydrogen (secondary N) is 1. The van der Waals surface area contributed by atoms with Gasteiger partial charge >= 0.3 is 0 Å². The molecule has 0 radical (unpaired) electrons. The summed E-state index contributed by atoms with van der Waals surface area (Å²) in [6.45, 7) is -1.19. The number of rotatable bonds is 6. The zero-order chi connectivity index (χ0) is 25.3. The Morgan fingerprint density at radius 1 is 1.06 bits per heavy atom. The van der Waals surface area contributed by atoms with Crippen LogP contribution in [-0.2, 0) is 14.4 Å². The Labute approximate surface area is 207 Å². The Hall–Kier alpha value is -4.03. The van der Waals surface area contributed by atoms with E-state index in [1.54, 1.807) is 12.1 Å². The summed E-state index contributed by atoms with van der Waals surface area (Å²) in [5, 5.41) is 10.5. The number of nitrogens with two attached hydrogens (primary N) is 1. The molecule has 1 fully saturated rings. The number of carbonyl (C=O) groups is 4. The summed E-state index contributed by atoms with van der Waals surface area (Å²) in [4.78, 5) is 51.5. The minimum atomic E-state index is -0.947. The second-order valence-electron chi connectivity index (χ2n) is 7.46. The highest BCUT2D eigenvalue weighted by molar-refractivity contribution is 6.31. The molecule has 3 N–H and O–H groups in total. The summed E-state index contributed by atoms with van der Waals surface area (Å²) in [6, 6.07) is 8.05. The van der Waals surface area contributed by atoms with Gasteiger partial charge in [0.15, 0.2) is 5.15 Å². The topological polar surface area (TPSA) is 144 Å². The summed E-state index contributed by atoms with van der Waals surface area (Å²) in [5.41, 5.74) is 5.52. The molecular weight excluding hydrogens is 504 g/mol. The monoisotopic (exact) mass is 519 g/mol. The number of amides is 4. The number of halogens is 3. The molecule has 2 aromatic carbocycles. The van der Waals surface area contributed by atoms with Gasteiger partial charge in [-0.1, -0.05) is 28.4 Å². The predicted molar refractivity (Wildman–Crippen MR) is 124 cm³/mol. The molecule has 1 aliphatic rings. The van der Waals surface area contributed by atoms with E-state index in [0.717, 1.165) is 17.0 Å². The molecule has 2 heterocycles. The van der Waals surface area contributed by atoms with E-state index in [4.69, 9.17) is 28.9 Å². The van der Waals surface area contributed by atoms with Gasteiger partial charge < -0.3 is 16.0 Å². The molecule has 4 rings (SSSR count). The molecule has 0 saturated carbocycles. The molecule has 0 aliphatic carbocycles. The highest BCUT2D eigenvalue weighted by Crippen LogP contribution is 2.29. The zero-order valence-electron chi connectivity index (χ0n) is 17.7. The average Bonchev–Trinajstić information content (AvgIpc) is 3.21. The fourth-order valence-corrected chi connectivity index (χ4v) is 3.75. The van der Waals surface area contributed by atoms with Gasteiger partial charge in [-0.25, -0.2) is 9.07 Å². The maximum absolute atomic E-state index is 13.9. The highest BCUT2D eigenvalue weighted by atomic mass is 35.5. The lowest BCUT2D eigenvalue weighted by molar-refractivity contribution is -0.140. The van der Waals surface area contributed by atoms with Crippen LogP contribution in [0, 0.1) is 5.82 Å². The quantitative estimate of drug-likeness (QED) is 0.506. The van der Waals surface area contributed by atoms with Crippen molar-refractivity contribution in [1.29, 1.82) is 0 Å². The Morgan fingerprint density at radius 2 is 1.83 bits per heavy atom. The molecule has 35 heavy (non-hydrogen) atoms. The van der Waals surface area contributed by atoms with Gasteiger partial charge in [0, 0.05) is 10.7 Å². The van der Waals surface area contributed by atoms with Crippen molar-refractivity contribution in [3.8, 4) is 5.69 Å². The molecule has 11 nitrogen and oxygen atoms in total. The zero-order valence-corrected chi connectivity index (χ0v) is 19.3. The van der Waals surface area contributed by atoms with Crippen LogP contribution in [0.25, 0.3) is 5.69 Å². The average molecular weight is 520 g/mol. The normalized spacial score (nSPS) is 13.8. The Kier molecular flexibility index (Phi) is 6.67. The number of nitrogens with zero attached hydrogens (tertiary/aromatic N) is 5. The summed E-state index contributed by atoms with van der Waals surface area (Å²) < 4.78 is 15.3. The SMILES string of the molecule is NC(=O)c1ccc(NC(=O)CN2CC(=O)N(c3cc(Cl)ccc3-n3cc(Cl)nn3)CC2=O)cc1F. The lowest BCUT2D eigenvalue weighted by Crippen LogP contribution is -2.55. The van der Waals surface area contributed by atoms with Crippen LogP contribution in [0.2, 0.25) is 10.2 Å². The van der Waals surface area contributed by atoms with E-state index >= 15 is 0 Å². The fraction of sp³-hybridized carbons (Fsp3) is 0.143. The van der Waals surface area contributed by atoms with Crippen molar-refractivity contribution < 1.29 is 23.6 Å². The van der Waals surface area contributed by atoms with E-state index in [1.807, 2.05) is 0 Å². The summed E-state index contributed by atoms with van der Waals surface area (Å²) in [6.07, 6.45) is 1.43. The van der Waals surface area contributed by atoms with Gasteiger partial charge in [-0.3, -0.25) is 24.1 Å². The van der Waals surface area contributed by atoms with Gasteiger partial charge in [0.05, 0.1) is 23.1 Å². The second kappa shape index (κ2) is 9.68. The van der Waals surface area contributed by atoms with Crippen LogP contribution in [0.15, 0.2) is 42.6 Å². The number of hydrogen-bond acceptors (Lipinski definition) is 6. The molecule has 4 amide bonds. The molecule has 1 aliphatic heterocycles. The van der Waals surface area contributed by atoms with Gasteiger partial charge in [0.25, 0.3) is 5.91 Å². The van der Waals surface area contributed by atoms with Crippen LogP contribution in [0.3, 0.4) is 0 Å². The molecule has 0 bridgehead atoms. The third-order valence-corrected chi connectivity index (χ3v) is 5.47. The summed E-state index contributed by atoms with van der Waals surface area (Å²) in [5.74, 6) is -3.48. The minimum absolute atomic E-state index is 0.0602. The van der Waals surface area contributed by atoms with Crippen LogP contribution in [-0.4, -0.2) is 63.2 Å². The first kappa shape index (κ1) is 24.1. The minimum Gasteiger partial charge on any atom is -0.366 e. The summed E-state index contributed by atoms with van der Waals surface area (Å²) >= 11 is 12.0. The largest absolute Gasteiger partial charge is 0.366 e. The Balaban J connectivity index is 1.47. The standard InChI is InChI=1S/C21H16Cl2FN7O4/c22-11-1-4-15(31-7-17(23)27-28-31)16(5-11)30-10-19(33)29(9-20(30)34)8-18(32)26-12-2-3-13(21(25)35)14(24)6-12/h1-7H,8-10H2,(H2,25,35)(H,26,32). The molecule has 3 aromatic rings. The number of primary amides is 1. The second-order valence-corrected chi connectivity index (χ2v) is 8.28. The van der Waals surface area contributed by atoms with Crippen LogP contribution < -0.4 is 16.0 Å². The van der Waals surface area contributed by atoms with Gasteiger partial charge in [0.1, 0.15) is 25.5 Å². The number of hydrogen-bond donors (Lipinski definition) is 2. The van der Waals surface area contributed by atoms with Crippen molar-refractivity contribution in [1.82, 2.24) is 19.9 Å². The third-order valence-electron chi connectivity index (χ3n) is 5.07. The Morgan fingerprint density at radius 3 is 2.49 bits per heavy atom. The molecule has 0 spiro atoms. The van der Waals surface area contributed by atoms with Crippen molar-refractivity contribution in [2.75, 3.05) is 29.9 Å². The van der Waals surface area contributed by atoms with E-state index in [0.29, 0.717) is 16.4 Å². The van der Waals surface area contributed by atoms with Gasteiger partial charge in [0.2, 0.25) is 17.7 Å². The molecule has 0 atom stereocenters. The van der Waals surface area contributed by atoms with E-state index in [-0.39, 0.29) is 29.5 Å². The van der Waals surface area contributed by atoms with Crippen molar-refractivity contribution in [2.24, 2.45) is 5.73 Å². The number of benzene rings is 2.